The fourth-order valence-electron chi connectivity index (χ4n) is 2.46. The van der Waals surface area contributed by atoms with Crippen LogP contribution in [0.25, 0.3) is 0 Å². The van der Waals surface area contributed by atoms with Crippen LogP contribution in [0, 0.1) is 16.2 Å². The molecule has 4 nitrogen and oxygen atoms in total. The van der Waals surface area contributed by atoms with Gasteiger partial charge in [-0.3, -0.25) is 9.59 Å². The van der Waals surface area contributed by atoms with Crippen LogP contribution < -0.4 is 0 Å². The highest BCUT2D eigenvalue weighted by molar-refractivity contribution is 5.86. The monoisotopic (exact) mass is 244 g/mol. The van der Waals surface area contributed by atoms with Gasteiger partial charge >= 0.3 is 11.9 Å². The maximum atomic E-state index is 11.6. The first kappa shape index (κ1) is 15.9. The second-order valence-electron chi connectivity index (χ2n) is 6.07. The van der Waals surface area contributed by atoms with Crippen molar-refractivity contribution in [3.63, 3.8) is 0 Å². The van der Waals surface area contributed by atoms with Crippen molar-refractivity contribution in [3.05, 3.63) is 0 Å². The van der Waals surface area contributed by atoms with E-state index in [-0.39, 0.29) is 0 Å². The van der Waals surface area contributed by atoms with E-state index in [4.69, 9.17) is 0 Å². The van der Waals surface area contributed by atoms with Crippen molar-refractivity contribution in [1.82, 2.24) is 0 Å². The van der Waals surface area contributed by atoms with Crippen LogP contribution in [0.2, 0.25) is 0 Å². The van der Waals surface area contributed by atoms with E-state index in [0.29, 0.717) is 12.8 Å². The summed E-state index contributed by atoms with van der Waals surface area (Å²) in [6.07, 6.45) is 0.990. The van der Waals surface area contributed by atoms with Gasteiger partial charge in [-0.05, 0) is 25.7 Å². The van der Waals surface area contributed by atoms with Crippen LogP contribution in [-0.2, 0) is 9.59 Å². The number of carboxylic acid groups (broad SMARTS) is 2. The fraction of sp³-hybridized carbons (Fsp3) is 0.846. The molecule has 0 aromatic heterocycles. The zero-order valence-electron chi connectivity index (χ0n) is 11.6. The third-order valence-corrected chi connectivity index (χ3v) is 4.25. The summed E-state index contributed by atoms with van der Waals surface area (Å²) in [4.78, 5) is 23.2. The highest BCUT2D eigenvalue weighted by atomic mass is 16.4. The first-order chi connectivity index (χ1) is 7.45. The van der Waals surface area contributed by atoms with Crippen LogP contribution in [0.1, 0.15) is 54.4 Å². The van der Waals surface area contributed by atoms with Gasteiger partial charge in [0.25, 0.3) is 0 Å². The van der Waals surface area contributed by atoms with E-state index in [2.05, 4.69) is 0 Å². The summed E-state index contributed by atoms with van der Waals surface area (Å²) in [7, 11) is 0. The van der Waals surface area contributed by atoms with E-state index in [1.165, 1.54) is 6.92 Å². The molecule has 0 fully saturated rings. The van der Waals surface area contributed by atoms with Gasteiger partial charge in [0.15, 0.2) is 0 Å². The van der Waals surface area contributed by atoms with Gasteiger partial charge in [0, 0.05) is 0 Å². The molecule has 0 saturated heterocycles. The lowest BCUT2D eigenvalue weighted by atomic mass is 9.52. The molecule has 0 aliphatic carbocycles. The Labute approximate surface area is 103 Å². The molecule has 0 saturated carbocycles. The molecule has 2 unspecified atom stereocenters. The maximum Gasteiger partial charge on any atom is 0.311 e. The molecule has 0 bridgehead atoms. The van der Waals surface area contributed by atoms with E-state index in [1.807, 2.05) is 6.92 Å². The molecule has 0 aromatic rings. The molecule has 0 amide bonds. The summed E-state index contributed by atoms with van der Waals surface area (Å²) >= 11 is 0. The maximum absolute atomic E-state index is 11.6. The predicted octanol–water partition coefficient (Wildman–Crippen LogP) is 3.01. The highest BCUT2D eigenvalue weighted by Crippen LogP contribution is 2.54. The Morgan fingerprint density at radius 2 is 1.35 bits per heavy atom. The predicted molar refractivity (Wildman–Crippen MR) is 65.8 cm³/mol. The third-order valence-electron chi connectivity index (χ3n) is 4.25. The molecule has 0 aliphatic heterocycles. The topological polar surface area (TPSA) is 74.6 Å². The lowest BCUT2D eigenvalue weighted by molar-refractivity contribution is -0.183. The molecule has 2 N–H and O–H groups in total. The van der Waals surface area contributed by atoms with Gasteiger partial charge in [0.2, 0.25) is 0 Å². The number of carboxylic acids is 2. The Bertz CT molecular complexity index is 316. The zero-order valence-corrected chi connectivity index (χ0v) is 11.6. The Hall–Kier alpha value is -1.06. The molecular weight excluding hydrogens is 220 g/mol. The van der Waals surface area contributed by atoms with Crippen molar-refractivity contribution in [2.75, 3.05) is 0 Å². The van der Waals surface area contributed by atoms with Crippen LogP contribution in [-0.4, -0.2) is 22.2 Å². The minimum atomic E-state index is -1.32. The van der Waals surface area contributed by atoms with Gasteiger partial charge in [-0.15, -0.1) is 0 Å². The van der Waals surface area contributed by atoms with Crippen molar-refractivity contribution in [3.8, 4) is 0 Å². The highest BCUT2D eigenvalue weighted by Gasteiger charge is 2.60. The molecule has 0 radical (unpaired) electrons. The van der Waals surface area contributed by atoms with E-state index in [1.54, 1.807) is 27.7 Å². The normalized spacial score (nSPS) is 19.2. The molecule has 0 spiro atoms. The van der Waals surface area contributed by atoms with Crippen LogP contribution >= 0.6 is 0 Å². The second kappa shape index (κ2) is 4.67. The first-order valence-electron chi connectivity index (χ1n) is 5.92. The van der Waals surface area contributed by atoms with Gasteiger partial charge in [-0.1, -0.05) is 34.1 Å². The molecule has 17 heavy (non-hydrogen) atoms. The van der Waals surface area contributed by atoms with Crippen molar-refractivity contribution in [2.45, 2.75) is 54.4 Å². The summed E-state index contributed by atoms with van der Waals surface area (Å²) < 4.78 is 0. The number of aliphatic carboxylic acids is 2. The summed E-state index contributed by atoms with van der Waals surface area (Å²) in [6.45, 7) is 10.3. The number of hydrogen-bond donors (Lipinski definition) is 2. The summed E-state index contributed by atoms with van der Waals surface area (Å²) in [5.41, 5.74) is -3.23. The molecule has 0 heterocycles. The average molecular weight is 244 g/mol. The Morgan fingerprint density at radius 1 is 0.941 bits per heavy atom. The van der Waals surface area contributed by atoms with Crippen LogP contribution in [0.15, 0.2) is 0 Å². The van der Waals surface area contributed by atoms with Gasteiger partial charge < -0.3 is 10.2 Å². The van der Waals surface area contributed by atoms with Crippen LogP contribution in [0.5, 0.6) is 0 Å². The Kier molecular flexibility index (Phi) is 4.38. The number of rotatable bonds is 5. The van der Waals surface area contributed by atoms with Crippen LogP contribution in [0.3, 0.4) is 0 Å². The van der Waals surface area contributed by atoms with Crippen LogP contribution in [0.4, 0.5) is 0 Å². The van der Waals surface area contributed by atoms with E-state index >= 15 is 0 Å². The van der Waals surface area contributed by atoms with Crippen molar-refractivity contribution in [1.29, 1.82) is 0 Å². The minimum Gasteiger partial charge on any atom is -0.481 e. The number of carbonyl (C=O) groups is 2. The van der Waals surface area contributed by atoms with Crippen molar-refractivity contribution >= 4 is 11.9 Å². The average Bonchev–Trinajstić information content (AvgIpc) is 2.14. The lowest BCUT2D eigenvalue weighted by Gasteiger charge is -2.48. The molecule has 0 aliphatic rings. The standard InChI is InChI=1S/C13H24O4/c1-7-8-12(5,9(14)15)13(6,10(16)17)11(2,3)4/h7-8H2,1-6H3,(H,14,15)(H,16,17). The second-order valence-corrected chi connectivity index (χ2v) is 6.07. The Morgan fingerprint density at radius 3 is 1.53 bits per heavy atom. The molecule has 0 rings (SSSR count). The quantitative estimate of drug-likeness (QED) is 0.779. The fourth-order valence-corrected chi connectivity index (χ4v) is 2.46. The Balaban J connectivity index is 5.90. The van der Waals surface area contributed by atoms with Gasteiger partial charge in [-0.2, -0.15) is 0 Å². The summed E-state index contributed by atoms with van der Waals surface area (Å²) in [5, 5.41) is 19.0. The van der Waals surface area contributed by atoms with E-state index in [9.17, 15) is 19.8 Å². The molecule has 100 valence electrons. The van der Waals surface area contributed by atoms with Gasteiger partial charge in [-0.25, -0.2) is 0 Å². The molecule has 2 atom stereocenters. The smallest absolute Gasteiger partial charge is 0.311 e. The number of hydrogen-bond acceptors (Lipinski definition) is 2. The van der Waals surface area contributed by atoms with E-state index in [0.717, 1.165) is 0 Å². The van der Waals surface area contributed by atoms with E-state index < -0.39 is 28.2 Å². The first-order valence-corrected chi connectivity index (χ1v) is 5.92. The summed E-state index contributed by atoms with van der Waals surface area (Å²) in [5.74, 6) is -2.09. The molecule has 4 heteroatoms. The summed E-state index contributed by atoms with van der Waals surface area (Å²) in [6, 6.07) is 0. The SMILES string of the molecule is CCCC(C)(C(=O)O)C(C)(C(=O)O)C(C)(C)C. The molecule has 0 aromatic carbocycles. The van der Waals surface area contributed by atoms with Crippen molar-refractivity contribution < 1.29 is 19.8 Å². The zero-order chi connectivity index (χ0) is 14.1. The lowest BCUT2D eigenvalue weighted by Crippen LogP contribution is -2.56. The third kappa shape index (κ3) is 2.31. The van der Waals surface area contributed by atoms with Gasteiger partial charge in [0.1, 0.15) is 0 Å². The van der Waals surface area contributed by atoms with Crippen molar-refractivity contribution in [2.24, 2.45) is 16.2 Å². The van der Waals surface area contributed by atoms with Gasteiger partial charge in [0.05, 0.1) is 10.8 Å². The minimum absolute atomic E-state index is 0.350. The molecular formula is C13H24O4. The largest absolute Gasteiger partial charge is 0.481 e.